The average Bonchev–Trinajstić information content (AvgIpc) is 3.35. The number of aromatic amines is 2. The standard InChI is InChI=1S/C22H16F4N2O2.C2H3N3S/c1-2-21(29,18-9-5-15(23)11-19(18)24)22(25,26)20-10-8-17(13-28-20)30-16-6-3-14(12-27)4-7-16;6-2-3-1-4-5-2/h3-11,13,29H,2H2,1H3;1H,(H2,3,4,5,6). The van der Waals surface area contributed by atoms with Gasteiger partial charge < -0.3 is 9.84 Å². The van der Waals surface area contributed by atoms with E-state index in [0.29, 0.717) is 22.2 Å². The van der Waals surface area contributed by atoms with Crippen molar-refractivity contribution in [1.82, 2.24) is 20.2 Å². The molecule has 0 bridgehead atoms. The lowest BCUT2D eigenvalue weighted by Crippen LogP contribution is -2.44. The number of halogens is 4. The van der Waals surface area contributed by atoms with E-state index < -0.39 is 40.8 Å². The number of nitrogens with one attached hydrogen (secondary N) is 2. The van der Waals surface area contributed by atoms with Gasteiger partial charge in [0.2, 0.25) is 4.77 Å². The summed E-state index contributed by atoms with van der Waals surface area (Å²) in [6.07, 6.45) is 1.99. The highest BCUT2D eigenvalue weighted by Crippen LogP contribution is 2.47. The van der Waals surface area contributed by atoms with Gasteiger partial charge in [0.25, 0.3) is 0 Å². The highest BCUT2D eigenvalue weighted by molar-refractivity contribution is 7.71. The van der Waals surface area contributed by atoms with Crippen LogP contribution >= 0.6 is 12.2 Å². The summed E-state index contributed by atoms with van der Waals surface area (Å²) in [5.74, 6) is -5.69. The second kappa shape index (κ2) is 11.1. The summed E-state index contributed by atoms with van der Waals surface area (Å²) in [4.78, 5) is 7.30. The Morgan fingerprint density at radius 3 is 2.22 bits per heavy atom. The zero-order chi connectivity index (χ0) is 26.3. The molecule has 0 aliphatic carbocycles. The van der Waals surface area contributed by atoms with E-state index in [1.165, 1.54) is 43.6 Å². The zero-order valence-corrected chi connectivity index (χ0v) is 19.5. The maximum absolute atomic E-state index is 15.2. The first kappa shape index (κ1) is 26.5. The molecule has 0 amide bonds. The molecule has 2 heterocycles. The summed E-state index contributed by atoms with van der Waals surface area (Å²) < 4.78 is 63.6. The summed E-state index contributed by atoms with van der Waals surface area (Å²) in [6, 6.07) is 12.3. The van der Waals surface area contributed by atoms with Crippen molar-refractivity contribution in [3.8, 4) is 17.6 Å². The summed E-state index contributed by atoms with van der Waals surface area (Å²) in [5.41, 5.74) is -4.03. The smallest absolute Gasteiger partial charge is 0.321 e. The number of aliphatic hydroxyl groups is 1. The van der Waals surface area contributed by atoms with E-state index in [9.17, 15) is 13.9 Å². The van der Waals surface area contributed by atoms with E-state index >= 15 is 8.78 Å². The molecule has 3 N–H and O–H groups in total. The highest BCUT2D eigenvalue weighted by atomic mass is 32.1. The number of hydrogen-bond acceptors (Lipinski definition) is 6. The molecule has 12 heteroatoms. The Labute approximate surface area is 208 Å². The van der Waals surface area contributed by atoms with Crippen LogP contribution in [0.15, 0.2) is 67.1 Å². The van der Waals surface area contributed by atoms with Crippen molar-refractivity contribution in [3.05, 3.63) is 100 Å². The third kappa shape index (κ3) is 5.76. The topological polar surface area (TPSA) is 111 Å². The number of ether oxygens (including phenoxy) is 1. The quantitative estimate of drug-likeness (QED) is 0.218. The number of rotatable bonds is 6. The van der Waals surface area contributed by atoms with Crippen LogP contribution in [-0.4, -0.2) is 25.3 Å². The van der Waals surface area contributed by atoms with Gasteiger partial charge in [-0.15, -0.1) is 0 Å². The van der Waals surface area contributed by atoms with Gasteiger partial charge in [-0.3, -0.25) is 15.2 Å². The molecule has 36 heavy (non-hydrogen) atoms. The lowest BCUT2D eigenvalue weighted by atomic mass is 9.82. The molecule has 0 fully saturated rings. The predicted octanol–water partition coefficient (Wildman–Crippen LogP) is 5.88. The first-order chi connectivity index (χ1) is 17.1. The first-order valence-corrected chi connectivity index (χ1v) is 10.8. The van der Waals surface area contributed by atoms with Crippen LogP contribution in [0.1, 0.15) is 30.2 Å². The Balaban J connectivity index is 0.000000526. The molecule has 0 saturated carbocycles. The lowest BCUT2D eigenvalue weighted by molar-refractivity contribution is -0.200. The predicted molar refractivity (Wildman–Crippen MR) is 124 cm³/mol. The van der Waals surface area contributed by atoms with E-state index in [4.69, 9.17) is 10.00 Å². The van der Waals surface area contributed by atoms with Crippen LogP contribution in [0.4, 0.5) is 17.6 Å². The summed E-state index contributed by atoms with van der Waals surface area (Å²) in [5, 5.41) is 24.6. The van der Waals surface area contributed by atoms with E-state index in [-0.39, 0.29) is 5.75 Å². The minimum Gasteiger partial charge on any atom is -0.456 e. The van der Waals surface area contributed by atoms with Gasteiger partial charge >= 0.3 is 5.92 Å². The fraction of sp³-hybridized carbons (Fsp3) is 0.167. The molecule has 4 rings (SSSR count). The maximum atomic E-state index is 15.2. The molecule has 2 aromatic heterocycles. The molecule has 2 aromatic carbocycles. The minimum atomic E-state index is -3.98. The minimum absolute atomic E-state index is 0.146. The van der Waals surface area contributed by atoms with Crippen LogP contribution in [0.2, 0.25) is 0 Å². The van der Waals surface area contributed by atoms with Crippen LogP contribution in [-0.2, 0) is 11.5 Å². The monoisotopic (exact) mass is 517 g/mol. The van der Waals surface area contributed by atoms with Crippen molar-refractivity contribution in [2.24, 2.45) is 0 Å². The number of alkyl halides is 2. The summed E-state index contributed by atoms with van der Waals surface area (Å²) in [7, 11) is 0. The number of H-pyrrole nitrogens is 2. The highest BCUT2D eigenvalue weighted by Gasteiger charge is 2.56. The molecule has 1 unspecified atom stereocenters. The Bertz CT molecular complexity index is 1390. The van der Waals surface area contributed by atoms with Gasteiger partial charge in [-0.05, 0) is 61.1 Å². The first-order valence-electron chi connectivity index (χ1n) is 10.4. The number of benzene rings is 2. The molecule has 0 saturated heterocycles. The molecular weight excluding hydrogens is 498 g/mol. The SMILES string of the molecule is CCC(O)(c1ccc(F)cc1F)C(F)(F)c1ccc(Oc2ccc(C#N)cc2)cn1.S=c1nc[nH][nH]1. The lowest BCUT2D eigenvalue weighted by Gasteiger charge is -2.35. The fourth-order valence-corrected chi connectivity index (χ4v) is 3.31. The molecule has 1 atom stereocenters. The van der Waals surface area contributed by atoms with Gasteiger partial charge in [0.15, 0.2) is 5.60 Å². The second-order valence-electron chi connectivity index (χ2n) is 7.36. The number of nitriles is 1. The van der Waals surface area contributed by atoms with Crippen molar-refractivity contribution in [2.45, 2.75) is 24.9 Å². The molecule has 0 spiro atoms. The van der Waals surface area contributed by atoms with Crippen LogP contribution in [0.3, 0.4) is 0 Å². The van der Waals surface area contributed by atoms with E-state index in [2.05, 4.69) is 32.4 Å². The summed E-state index contributed by atoms with van der Waals surface area (Å²) >= 11 is 4.55. The van der Waals surface area contributed by atoms with Crippen LogP contribution in [0.5, 0.6) is 11.5 Å². The third-order valence-corrected chi connectivity index (χ3v) is 5.32. The van der Waals surface area contributed by atoms with Crippen LogP contribution in [0, 0.1) is 27.7 Å². The normalized spacial score (nSPS) is 12.6. The second-order valence-corrected chi connectivity index (χ2v) is 7.75. The Morgan fingerprint density at radius 1 is 1.06 bits per heavy atom. The number of aromatic nitrogens is 4. The zero-order valence-electron chi connectivity index (χ0n) is 18.7. The molecule has 0 radical (unpaired) electrons. The largest absolute Gasteiger partial charge is 0.456 e. The van der Waals surface area contributed by atoms with Crippen molar-refractivity contribution in [1.29, 1.82) is 5.26 Å². The van der Waals surface area contributed by atoms with Gasteiger partial charge in [-0.1, -0.05) is 13.0 Å². The van der Waals surface area contributed by atoms with Gasteiger partial charge in [0, 0.05) is 11.6 Å². The molecule has 0 aliphatic heterocycles. The van der Waals surface area contributed by atoms with Crippen LogP contribution in [0.25, 0.3) is 0 Å². The Morgan fingerprint density at radius 2 is 1.75 bits per heavy atom. The number of hydrogen-bond donors (Lipinski definition) is 3. The van der Waals surface area contributed by atoms with E-state index in [1.54, 1.807) is 0 Å². The van der Waals surface area contributed by atoms with Gasteiger partial charge in [-0.2, -0.15) is 14.0 Å². The summed E-state index contributed by atoms with van der Waals surface area (Å²) in [6.45, 7) is 1.26. The molecule has 186 valence electrons. The van der Waals surface area contributed by atoms with Gasteiger partial charge in [-0.25, -0.2) is 13.8 Å². The maximum Gasteiger partial charge on any atom is 0.321 e. The Hall–Kier alpha value is -4.08. The van der Waals surface area contributed by atoms with Crippen molar-refractivity contribution < 1.29 is 27.4 Å². The fourth-order valence-electron chi connectivity index (χ4n) is 3.20. The van der Waals surface area contributed by atoms with E-state index in [0.717, 1.165) is 24.4 Å². The van der Waals surface area contributed by atoms with Crippen molar-refractivity contribution in [2.75, 3.05) is 0 Å². The van der Waals surface area contributed by atoms with Crippen molar-refractivity contribution >= 4 is 12.2 Å². The molecule has 4 aromatic rings. The van der Waals surface area contributed by atoms with E-state index in [1.807, 2.05) is 6.07 Å². The Kier molecular flexibility index (Phi) is 8.18. The van der Waals surface area contributed by atoms with Gasteiger partial charge in [0.1, 0.15) is 35.2 Å². The van der Waals surface area contributed by atoms with Crippen molar-refractivity contribution in [3.63, 3.8) is 0 Å². The third-order valence-electron chi connectivity index (χ3n) is 5.11. The van der Waals surface area contributed by atoms with Gasteiger partial charge in [0.05, 0.1) is 17.8 Å². The molecule has 0 aliphatic rings. The van der Waals surface area contributed by atoms with Crippen LogP contribution < -0.4 is 4.74 Å². The molecular formula is C24H19F4N5O2S. The number of nitrogens with zero attached hydrogens (tertiary/aromatic N) is 3. The molecule has 7 nitrogen and oxygen atoms in total. The average molecular weight is 518 g/mol. The number of pyridine rings is 1.